The number of aromatic hydroxyl groups is 2. The topological polar surface area (TPSA) is 73.8 Å². The first-order valence-corrected chi connectivity index (χ1v) is 11.1. The van der Waals surface area contributed by atoms with Crippen molar-refractivity contribution in [2.75, 3.05) is 24.0 Å². The van der Waals surface area contributed by atoms with E-state index in [1.165, 1.54) is 6.07 Å². The minimum absolute atomic E-state index is 0.150. The third-order valence-corrected chi connectivity index (χ3v) is 4.71. The van der Waals surface area contributed by atoms with E-state index in [-0.39, 0.29) is 17.4 Å². The number of phenolic OH excluding ortho intramolecular Hbond substituents is 2. The van der Waals surface area contributed by atoms with Crippen molar-refractivity contribution in [2.24, 2.45) is 0 Å². The van der Waals surface area contributed by atoms with Crippen molar-refractivity contribution in [3.8, 4) is 11.5 Å². The highest BCUT2D eigenvalue weighted by Crippen LogP contribution is 2.31. The lowest BCUT2D eigenvalue weighted by atomic mass is 9.99. The molecule has 2 aromatic rings. The lowest BCUT2D eigenvalue weighted by molar-refractivity contribution is 0.167. The van der Waals surface area contributed by atoms with Crippen molar-refractivity contribution in [2.45, 2.75) is 40.5 Å². The predicted octanol–water partition coefficient (Wildman–Crippen LogP) is 7.24. The number of phenols is 2. The highest BCUT2D eigenvalue weighted by molar-refractivity contribution is 5.59. The summed E-state index contributed by atoms with van der Waals surface area (Å²) in [6, 6.07) is 11.2. The predicted molar refractivity (Wildman–Crippen MR) is 141 cm³/mol. The standard InChI is InChI=1S/C18H24N2O.C10H14O2/c1-5-8-15(4)18(9-6-2)20-17-12-10-16(11-13-17)19-14-21-7-3;1-6(2)8-4-7(3)9(11)5-10(8)12/h5-6,8-13,19-20H,2,4,7,14H2,1,3H3;4-6,11-12H,1-3H3/b8-5-,18-9-;. The molecule has 2 rings (SSSR count). The van der Waals surface area contributed by atoms with Crippen LogP contribution in [0.15, 0.2) is 85.1 Å². The Kier molecular flexibility index (Phi) is 12.2. The Morgan fingerprint density at radius 3 is 2.27 bits per heavy atom. The van der Waals surface area contributed by atoms with Crippen molar-refractivity contribution in [1.29, 1.82) is 0 Å². The van der Waals surface area contributed by atoms with Gasteiger partial charge in [-0.25, -0.2) is 0 Å². The summed E-state index contributed by atoms with van der Waals surface area (Å²) < 4.78 is 5.26. The van der Waals surface area contributed by atoms with Crippen LogP contribution in [-0.2, 0) is 4.74 Å². The fraction of sp³-hybridized carbons (Fsp3) is 0.286. The van der Waals surface area contributed by atoms with Crippen LogP contribution in [0.5, 0.6) is 11.5 Å². The second-order valence-electron chi connectivity index (χ2n) is 7.71. The van der Waals surface area contributed by atoms with Gasteiger partial charge >= 0.3 is 0 Å². The molecule has 0 atom stereocenters. The molecule has 0 radical (unpaired) electrons. The van der Waals surface area contributed by atoms with Crippen LogP contribution in [0.4, 0.5) is 11.4 Å². The lowest BCUT2D eigenvalue weighted by Crippen LogP contribution is -2.05. The average Bonchev–Trinajstić information content (AvgIpc) is 2.77. The summed E-state index contributed by atoms with van der Waals surface area (Å²) >= 11 is 0. The zero-order valence-electron chi connectivity index (χ0n) is 20.5. The highest BCUT2D eigenvalue weighted by Gasteiger charge is 2.08. The Hall–Kier alpha value is -3.44. The molecule has 0 amide bonds. The van der Waals surface area contributed by atoms with E-state index in [0.29, 0.717) is 13.3 Å². The van der Waals surface area contributed by atoms with E-state index in [9.17, 15) is 10.2 Å². The van der Waals surface area contributed by atoms with E-state index in [0.717, 1.165) is 33.8 Å². The molecule has 0 aliphatic rings. The fourth-order valence-electron chi connectivity index (χ4n) is 2.87. The highest BCUT2D eigenvalue weighted by atomic mass is 16.5. The molecule has 0 heterocycles. The Balaban J connectivity index is 0.000000383. The van der Waals surface area contributed by atoms with E-state index < -0.39 is 0 Å². The van der Waals surface area contributed by atoms with Gasteiger partial charge in [-0.15, -0.1) is 0 Å². The smallest absolute Gasteiger partial charge is 0.122 e. The normalized spacial score (nSPS) is 11.2. The number of allylic oxidation sites excluding steroid dienone is 4. The van der Waals surface area contributed by atoms with Gasteiger partial charge in [0, 0.05) is 29.7 Å². The maximum atomic E-state index is 9.43. The van der Waals surface area contributed by atoms with Gasteiger partial charge in [0.1, 0.15) is 18.2 Å². The van der Waals surface area contributed by atoms with Crippen molar-refractivity contribution in [3.05, 3.63) is 96.3 Å². The molecule has 0 aromatic heterocycles. The SMILES string of the molecule is C=C/C=C(\Nc1ccc(NCOCC)cc1)C(=C)/C=C\C.Cc1cc(C(C)C)c(O)cc1O. The summed E-state index contributed by atoms with van der Waals surface area (Å²) in [4.78, 5) is 0. The third kappa shape index (κ3) is 9.71. The molecule has 0 saturated carbocycles. The Bertz CT molecular complexity index is 958. The number of aryl methyl sites for hydroxylation is 1. The van der Waals surface area contributed by atoms with E-state index in [1.807, 2.05) is 83.2 Å². The number of nitrogens with one attached hydrogen (secondary N) is 2. The Labute approximate surface area is 198 Å². The van der Waals surface area contributed by atoms with Crippen molar-refractivity contribution in [1.82, 2.24) is 0 Å². The summed E-state index contributed by atoms with van der Waals surface area (Å²) in [6.07, 6.45) is 7.57. The molecule has 0 aliphatic heterocycles. The van der Waals surface area contributed by atoms with Crippen LogP contribution in [0.25, 0.3) is 0 Å². The summed E-state index contributed by atoms with van der Waals surface area (Å²) in [7, 11) is 0. The molecule has 4 N–H and O–H groups in total. The monoisotopic (exact) mass is 450 g/mol. The second kappa shape index (κ2) is 14.6. The van der Waals surface area contributed by atoms with Crippen LogP contribution < -0.4 is 10.6 Å². The maximum Gasteiger partial charge on any atom is 0.122 e. The van der Waals surface area contributed by atoms with Crippen molar-refractivity contribution < 1.29 is 14.9 Å². The van der Waals surface area contributed by atoms with E-state index >= 15 is 0 Å². The van der Waals surface area contributed by atoms with E-state index in [4.69, 9.17) is 4.74 Å². The van der Waals surface area contributed by atoms with Gasteiger partial charge in [-0.3, -0.25) is 0 Å². The van der Waals surface area contributed by atoms with Gasteiger partial charge in [0.25, 0.3) is 0 Å². The molecular weight excluding hydrogens is 412 g/mol. The zero-order chi connectivity index (χ0) is 24.8. The van der Waals surface area contributed by atoms with Gasteiger partial charge in [-0.2, -0.15) is 0 Å². The number of rotatable bonds is 10. The molecule has 0 bridgehead atoms. The van der Waals surface area contributed by atoms with Crippen LogP contribution in [-0.4, -0.2) is 23.6 Å². The van der Waals surface area contributed by atoms with Crippen LogP contribution in [0.2, 0.25) is 0 Å². The lowest BCUT2D eigenvalue weighted by Gasteiger charge is -2.12. The second-order valence-corrected chi connectivity index (χ2v) is 7.71. The quantitative estimate of drug-likeness (QED) is 0.174. The molecule has 33 heavy (non-hydrogen) atoms. The Morgan fingerprint density at radius 2 is 1.73 bits per heavy atom. The van der Waals surface area contributed by atoms with Crippen LogP contribution >= 0.6 is 0 Å². The van der Waals surface area contributed by atoms with Crippen molar-refractivity contribution in [3.63, 3.8) is 0 Å². The van der Waals surface area contributed by atoms with Gasteiger partial charge < -0.3 is 25.6 Å². The summed E-state index contributed by atoms with van der Waals surface area (Å²) in [5.41, 5.74) is 5.54. The number of hydrogen-bond acceptors (Lipinski definition) is 5. The van der Waals surface area contributed by atoms with Crippen LogP contribution in [0, 0.1) is 6.92 Å². The van der Waals surface area contributed by atoms with Crippen molar-refractivity contribution >= 4 is 11.4 Å². The first-order valence-electron chi connectivity index (χ1n) is 11.1. The zero-order valence-corrected chi connectivity index (χ0v) is 20.5. The molecule has 0 aliphatic carbocycles. The first kappa shape index (κ1) is 27.6. The van der Waals surface area contributed by atoms with E-state index in [2.05, 4.69) is 23.8 Å². The number of ether oxygens (including phenoxy) is 1. The number of anilines is 2. The fourth-order valence-corrected chi connectivity index (χ4v) is 2.87. The van der Waals surface area contributed by atoms with Gasteiger partial charge in [0.15, 0.2) is 0 Å². The molecule has 0 spiro atoms. The van der Waals surface area contributed by atoms with Gasteiger partial charge in [-0.05, 0) is 79.8 Å². The molecule has 0 unspecified atom stereocenters. The third-order valence-electron chi connectivity index (χ3n) is 4.71. The summed E-state index contributed by atoms with van der Waals surface area (Å²) in [5.74, 6) is 0.606. The molecular formula is C28H38N2O3. The van der Waals surface area contributed by atoms with Gasteiger partial charge in [0.05, 0.1) is 0 Å². The molecule has 178 valence electrons. The van der Waals surface area contributed by atoms with Crippen LogP contribution in [0.1, 0.15) is 44.7 Å². The maximum absolute atomic E-state index is 9.43. The van der Waals surface area contributed by atoms with E-state index in [1.54, 1.807) is 6.08 Å². The summed E-state index contributed by atoms with van der Waals surface area (Å²) in [5, 5.41) is 25.2. The van der Waals surface area contributed by atoms with Gasteiger partial charge in [-0.1, -0.05) is 45.2 Å². The minimum Gasteiger partial charge on any atom is -0.508 e. The first-order chi connectivity index (χ1) is 15.7. The molecule has 5 heteroatoms. The minimum atomic E-state index is 0.150. The van der Waals surface area contributed by atoms with Gasteiger partial charge in [0.2, 0.25) is 0 Å². The van der Waals surface area contributed by atoms with Crippen LogP contribution in [0.3, 0.4) is 0 Å². The largest absolute Gasteiger partial charge is 0.508 e. The molecule has 0 fully saturated rings. The molecule has 2 aromatic carbocycles. The summed E-state index contributed by atoms with van der Waals surface area (Å²) in [6.45, 7) is 18.8. The number of benzene rings is 2. The molecule has 5 nitrogen and oxygen atoms in total. The number of hydrogen-bond donors (Lipinski definition) is 4. The molecule has 0 saturated heterocycles. The Morgan fingerprint density at radius 1 is 1.09 bits per heavy atom. The average molecular weight is 451 g/mol.